The maximum atomic E-state index is 2.84. The molecule has 0 saturated heterocycles. The summed E-state index contributed by atoms with van der Waals surface area (Å²) in [5, 5.41) is 0. The third-order valence-electron chi connectivity index (χ3n) is 7.73. The topological polar surface area (TPSA) is 5.90 Å². The molecule has 0 aromatic carbocycles. The largest absolute Gasteiger partial charge is 0.170 e. The predicted octanol–water partition coefficient (Wildman–Crippen LogP) is 11.7. The van der Waals surface area contributed by atoms with Gasteiger partial charge in [0.25, 0.3) is 0 Å². The van der Waals surface area contributed by atoms with Gasteiger partial charge < -0.3 is 0 Å². The molecular weight excluding hydrogens is 410 g/mol. The number of hydrogen-bond donors (Lipinski definition) is 0. The lowest BCUT2D eigenvalue weighted by Crippen LogP contribution is -2.33. The Labute approximate surface area is 218 Å². The Bertz CT molecular complexity index is 287. The van der Waals surface area contributed by atoms with E-state index in [1.807, 2.05) is 0 Å². The smallest absolute Gasteiger partial charge is 0.122 e. The van der Waals surface area contributed by atoms with Gasteiger partial charge in [-0.1, -0.05) is 156 Å². The van der Waals surface area contributed by atoms with Gasteiger partial charge >= 0.3 is 0 Å². The molecule has 205 valence electrons. The van der Waals surface area contributed by atoms with E-state index < -0.39 is 0 Å². The lowest BCUT2D eigenvalue weighted by atomic mass is 10.1. The highest BCUT2D eigenvalue weighted by atomic mass is 15.1. The quantitative estimate of drug-likeness (QED) is 0.0713. The van der Waals surface area contributed by atoms with Crippen molar-refractivity contribution in [2.75, 3.05) is 19.6 Å². The summed E-state index contributed by atoms with van der Waals surface area (Å²) in [6, 6.07) is 0. The molecule has 0 aliphatic rings. The predicted molar refractivity (Wildman–Crippen MR) is 158 cm³/mol. The zero-order valence-corrected chi connectivity index (χ0v) is 24.7. The summed E-state index contributed by atoms with van der Waals surface area (Å²) in [5.74, 6) is 0. The van der Waals surface area contributed by atoms with Crippen molar-refractivity contribution in [3.8, 4) is 0 Å². The first-order valence-corrected chi connectivity index (χ1v) is 16.6. The molecule has 0 unspecified atom stereocenters. The van der Waals surface area contributed by atoms with Crippen LogP contribution in [0.3, 0.4) is 0 Å². The molecule has 0 atom stereocenters. The van der Waals surface area contributed by atoms with Crippen LogP contribution in [0.4, 0.5) is 0 Å². The normalized spacial score (nSPS) is 11.6. The third-order valence-corrected chi connectivity index (χ3v) is 7.73. The fourth-order valence-electron chi connectivity index (χ4n) is 5.27. The van der Waals surface area contributed by atoms with E-state index in [-0.39, 0.29) is 0 Å². The molecule has 0 aliphatic heterocycles. The van der Waals surface area contributed by atoms with Crippen LogP contribution in [0, 0.1) is 0 Å². The van der Waals surface area contributed by atoms with Gasteiger partial charge in [0, 0.05) is 19.3 Å². The number of nitrogens with zero attached hydrogens (tertiary/aromatic N) is 1. The molecule has 0 spiro atoms. The molecule has 0 fully saturated rings. The molecule has 0 aromatic heterocycles. The van der Waals surface area contributed by atoms with E-state index in [2.05, 4.69) is 25.7 Å². The molecule has 34 heavy (non-hydrogen) atoms. The van der Waals surface area contributed by atoms with Gasteiger partial charge in [-0.2, -0.15) is 4.90 Å². The number of hydrogen-bond acceptors (Lipinski definition) is 1. The summed E-state index contributed by atoms with van der Waals surface area (Å²) < 4.78 is 0. The summed E-state index contributed by atoms with van der Waals surface area (Å²) in [4.78, 5) is 2.84. The van der Waals surface area contributed by atoms with Crippen molar-refractivity contribution in [2.24, 2.45) is 0 Å². The molecule has 0 rings (SSSR count). The van der Waals surface area contributed by atoms with E-state index in [1.165, 1.54) is 193 Å². The lowest BCUT2D eigenvalue weighted by molar-refractivity contribution is 0.367. The highest BCUT2D eigenvalue weighted by Crippen LogP contribution is 2.13. The van der Waals surface area contributed by atoms with Gasteiger partial charge in [-0.15, -0.1) is 0 Å². The van der Waals surface area contributed by atoms with Crippen molar-refractivity contribution in [1.29, 1.82) is 0 Å². The molecule has 0 bridgehead atoms. The third kappa shape index (κ3) is 28.2. The molecule has 0 N–H and O–H groups in total. The van der Waals surface area contributed by atoms with Crippen molar-refractivity contribution in [2.45, 2.75) is 194 Å². The monoisotopic (exact) mass is 480 g/mol. The van der Waals surface area contributed by atoms with Crippen molar-refractivity contribution < 1.29 is 0 Å². The minimum Gasteiger partial charge on any atom is -0.170 e. The standard InChI is InChI=1S/C33H69N/c1-4-7-10-13-16-19-22-25-28-31-34(32-29-26-23-20-17-14-11-8-5-2)33-30-27-24-21-18-15-12-9-6-3/h4-33H2,1-3H3/q+1. The van der Waals surface area contributed by atoms with Crippen molar-refractivity contribution in [1.82, 2.24) is 4.90 Å². The van der Waals surface area contributed by atoms with Crippen LogP contribution in [-0.4, -0.2) is 19.6 Å². The summed E-state index contributed by atoms with van der Waals surface area (Å²) in [5.41, 5.74) is 0. The summed E-state index contributed by atoms with van der Waals surface area (Å²) in [6.45, 7) is 11.0. The Hall–Kier alpha value is -0.0400. The highest BCUT2D eigenvalue weighted by Gasteiger charge is 2.13. The average Bonchev–Trinajstić information content (AvgIpc) is 2.85. The Balaban J connectivity index is 3.85. The van der Waals surface area contributed by atoms with Crippen LogP contribution < -0.4 is 4.90 Å². The minimum absolute atomic E-state index is 1.36. The molecule has 1 nitrogen and oxygen atoms in total. The SMILES string of the molecule is CCCCCCCCCCC[N+](CCCCCCCCCCC)CCCCCCCCCCC. The maximum Gasteiger partial charge on any atom is 0.122 e. The molecule has 0 heterocycles. The Morgan fingerprint density at radius 2 is 0.412 bits per heavy atom. The van der Waals surface area contributed by atoms with E-state index in [4.69, 9.17) is 0 Å². The van der Waals surface area contributed by atoms with Gasteiger partial charge in [0.15, 0.2) is 0 Å². The van der Waals surface area contributed by atoms with Gasteiger partial charge in [0.05, 0.1) is 0 Å². The van der Waals surface area contributed by atoms with Crippen molar-refractivity contribution in [3.63, 3.8) is 0 Å². The molecule has 0 saturated carbocycles. The zero-order chi connectivity index (χ0) is 24.8. The number of unbranched alkanes of at least 4 members (excludes halogenated alkanes) is 24. The van der Waals surface area contributed by atoms with E-state index in [0.29, 0.717) is 0 Å². The van der Waals surface area contributed by atoms with Gasteiger partial charge in [0.2, 0.25) is 0 Å². The molecular formula is C33H69N+. The van der Waals surface area contributed by atoms with Crippen LogP contribution in [0.1, 0.15) is 194 Å². The lowest BCUT2D eigenvalue weighted by Gasteiger charge is -2.13. The van der Waals surface area contributed by atoms with E-state index in [1.54, 1.807) is 0 Å². The van der Waals surface area contributed by atoms with Gasteiger partial charge in [-0.05, 0) is 19.3 Å². The maximum absolute atomic E-state index is 2.84. The average molecular weight is 480 g/mol. The Kier molecular flexibility index (Phi) is 31.0. The minimum atomic E-state index is 1.36. The first-order chi connectivity index (χ1) is 16.8. The van der Waals surface area contributed by atoms with E-state index in [9.17, 15) is 0 Å². The summed E-state index contributed by atoms with van der Waals surface area (Å²) in [7, 11) is 0. The van der Waals surface area contributed by atoms with E-state index in [0.717, 1.165) is 0 Å². The summed E-state index contributed by atoms with van der Waals surface area (Å²) >= 11 is 0. The second kappa shape index (κ2) is 31.0. The zero-order valence-electron chi connectivity index (χ0n) is 24.7. The molecule has 1 radical (unpaired) electrons. The Morgan fingerprint density at radius 3 is 0.618 bits per heavy atom. The molecule has 0 aliphatic carbocycles. The fourth-order valence-corrected chi connectivity index (χ4v) is 5.27. The second-order valence-corrected chi connectivity index (χ2v) is 11.3. The number of rotatable bonds is 30. The molecule has 0 amide bonds. The van der Waals surface area contributed by atoms with E-state index >= 15 is 0 Å². The molecule has 1 heteroatoms. The van der Waals surface area contributed by atoms with Crippen molar-refractivity contribution in [3.05, 3.63) is 0 Å². The second-order valence-electron chi connectivity index (χ2n) is 11.3. The van der Waals surface area contributed by atoms with Gasteiger partial charge in [-0.3, -0.25) is 0 Å². The highest BCUT2D eigenvalue weighted by molar-refractivity contribution is 4.65. The van der Waals surface area contributed by atoms with Crippen LogP contribution in [0.5, 0.6) is 0 Å². The summed E-state index contributed by atoms with van der Waals surface area (Å²) in [6.07, 6.45) is 39.1. The van der Waals surface area contributed by atoms with Crippen LogP contribution in [-0.2, 0) is 0 Å². The molecule has 0 aromatic rings. The van der Waals surface area contributed by atoms with Crippen LogP contribution in [0.25, 0.3) is 0 Å². The van der Waals surface area contributed by atoms with Crippen molar-refractivity contribution >= 4 is 0 Å². The van der Waals surface area contributed by atoms with Crippen LogP contribution >= 0.6 is 0 Å². The Morgan fingerprint density at radius 1 is 0.235 bits per heavy atom. The van der Waals surface area contributed by atoms with Crippen LogP contribution in [0.15, 0.2) is 0 Å². The fraction of sp³-hybridized carbons (Fsp3) is 1.00. The van der Waals surface area contributed by atoms with Gasteiger partial charge in [-0.25, -0.2) is 0 Å². The van der Waals surface area contributed by atoms with Crippen LogP contribution in [0.2, 0.25) is 0 Å². The first kappa shape index (κ1) is 34.0. The van der Waals surface area contributed by atoms with Gasteiger partial charge in [0.1, 0.15) is 19.6 Å². The first-order valence-electron chi connectivity index (χ1n) is 16.6.